The van der Waals surface area contributed by atoms with Gasteiger partial charge in [0.25, 0.3) is 0 Å². The normalized spacial score (nSPS) is 11.3. The van der Waals surface area contributed by atoms with E-state index in [4.69, 9.17) is 16.3 Å². The molecule has 0 aliphatic rings. The van der Waals surface area contributed by atoms with Gasteiger partial charge < -0.3 is 10.1 Å². The molecule has 0 aliphatic carbocycles. The van der Waals surface area contributed by atoms with Crippen molar-refractivity contribution < 1.29 is 4.74 Å². The molecule has 0 fully saturated rings. The predicted octanol–water partition coefficient (Wildman–Crippen LogP) is 4.18. The van der Waals surface area contributed by atoms with E-state index in [1.807, 2.05) is 24.3 Å². The quantitative estimate of drug-likeness (QED) is 0.617. The summed E-state index contributed by atoms with van der Waals surface area (Å²) in [5.41, 5.74) is 1.07. The van der Waals surface area contributed by atoms with Crippen LogP contribution in [0.25, 0.3) is 0 Å². The molecular formula is C15H22ClNO. The summed E-state index contributed by atoms with van der Waals surface area (Å²) in [6.07, 6.45) is 2.68. The van der Waals surface area contributed by atoms with Crippen LogP contribution in [0.3, 0.4) is 0 Å². The lowest BCUT2D eigenvalue weighted by Gasteiger charge is -2.22. The number of hydrogen-bond donors (Lipinski definition) is 1. The first-order valence-electron chi connectivity index (χ1n) is 6.20. The summed E-state index contributed by atoms with van der Waals surface area (Å²) < 4.78 is 5.73. The lowest BCUT2D eigenvalue weighted by molar-refractivity contribution is 0.318. The van der Waals surface area contributed by atoms with Crippen molar-refractivity contribution in [2.75, 3.05) is 6.61 Å². The maximum absolute atomic E-state index is 6.23. The van der Waals surface area contributed by atoms with E-state index < -0.39 is 0 Å². The molecule has 1 N–H and O–H groups in total. The third-order valence-corrected chi connectivity index (χ3v) is 2.81. The van der Waals surface area contributed by atoms with Crippen LogP contribution in [0.1, 0.15) is 32.8 Å². The van der Waals surface area contributed by atoms with Crippen molar-refractivity contribution in [2.24, 2.45) is 0 Å². The first kappa shape index (κ1) is 15.1. The molecule has 0 bridgehead atoms. The Kier molecular flexibility index (Phi) is 5.70. The van der Waals surface area contributed by atoms with Gasteiger partial charge in [-0.2, -0.15) is 0 Å². The Hall–Kier alpha value is -0.990. The smallest absolute Gasteiger partial charge is 0.125 e. The van der Waals surface area contributed by atoms with Gasteiger partial charge in [-0.25, -0.2) is 0 Å². The van der Waals surface area contributed by atoms with Crippen molar-refractivity contribution in [3.63, 3.8) is 0 Å². The molecule has 0 aromatic heterocycles. The Morgan fingerprint density at radius 3 is 2.72 bits per heavy atom. The largest absolute Gasteiger partial charge is 0.493 e. The van der Waals surface area contributed by atoms with Gasteiger partial charge in [0.1, 0.15) is 5.75 Å². The summed E-state index contributed by atoms with van der Waals surface area (Å²) in [4.78, 5) is 0. The van der Waals surface area contributed by atoms with Crippen molar-refractivity contribution in [2.45, 2.75) is 39.3 Å². The molecule has 0 spiro atoms. The molecule has 2 nitrogen and oxygen atoms in total. The van der Waals surface area contributed by atoms with E-state index in [2.05, 4.69) is 32.7 Å². The second-order valence-electron chi connectivity index (χ2n) is 5.25. The van der Waals surface area contributed by atoms with Gasteiger partial charge in [0.15, 0.2) is 0 Å². The zero-order valence-corrected chi connectivity index (χ0v) is 12.2. The van der Waals surface area contributed by atoms with Gasteiger partial charge in [-0.15, -0.1) is 6.58 Å². The van der Waals surface area contributed by atoms with Gasteiger partial charge >= 0.3 is 0 Å². The average molecular weight is 268 g/mol. The number of halogens is 1. The maximum atomic E-state index is 6.23. The molecule has 0 saturated carbocycles. The monoisotopic (exact) mass is 267 g/mol. The summed E-state index contributed by atoms with van der Waals surface area (Å²) in [5.74, 6) is 0.848. The van der Waals surface area contributed by atoms with E-state index in [0.717, 1.165) is 22.8 Å². The molecule has 0 atom stereocenters. The lowest BCUT2D eigenvalue weighted by atomic mass is 10.1. The van der Waals surface area contributed by atoms with Gasteiger partial charge in [-0.05, 0) is 39.3 Å². The van der Waals surface area contributed by atoms with Crippen molar-refractivity contribution in [3.8, 4) is 5.75 Å². The van der Waals surface area contributed by atoms with E-state index in [0.29, 0.717) is 13.2 Å². The van der Waals surface area contributed by atoms with Crippen molar-refractivity contribution >= 4 is 11.6 Å². The first-order chi connectivity index (χ1) is 8.44. The molecule has 3 heteroatoms. The standard InChI is InChI=1S/C15H22ClNO/c1-5-6-10-18-14-9-7-8-13(16)12(14)11-17-15(2,3)4/h5,7-9,17H,1,6,10-11H2,2-4H3. The molecule has 0 unspecified atom stereocenters. The van der Waals surface area contributed by atoms with Crippen LogP contribution in [0, 0.1) is 0 Å². The number of benzene rings is 1. The highest BCUT2D eigenvalue weighted by Crippen LogP contribution is 2.27. The molecule has 1 aromatic carbocycles. The Morgan fingerprint density at radius 1 is 1.39 bits per heavy atom. The number of rotatable bonds is 6. The molecular weight excluding hydrogens is 246 g/mol. The van der Waals surface area contributed by atoms with Crippen LogP contribution >= 0.6 is 11.6 Å². The molecule has 100 valence electrons. The highest BCUT2D eigenvalue weighted by Gasteiger charge is 2.13. The van der Waals surface area contributed by atoms with Crippen molar-refractivity contribution in [1.82, 2.24) is 5.32 Å². The van der Waals surface area contributed by atoms with Gasteiger partial charge in [-0.1, -0.05) is 23.7 Å². The predicted molar refractivity (Wildman–Crippen MR) is 78.4 cm³/mol. The van der Waals surface area contributed by atoms with Crippen LogP contribution in [-0.2, 0) is 6.54 Å². The zero-order valence-electron chi connectivity index (χ0n) is 11.4. The molecule has 0 aliphatic heterocycles. The highest BCUT2D eigenvalue weighted by molar-refractivity contribution is 6.31. The van der Waals surface area contributed by atoms with E-state index in [9.17, 15) is 0 Å². The van der Waals surface area contributed by atoms with Gasteiger partial charge in [0.05, 0.1) is 6.61 Å². The Balaban J connectivity index is 2.76. The number of hydrogen-bond acceptors (Lipinski definition) is 2. The molecule has 1 rings (SSSR count). The minimum atomic E-state index is 0.0531. The van der Waals surface area contributed by atoms with E-state index in [1.54, 1.807) is 0 Å². The van der Waals surface area contributed by atoms with E-state index >= 15 is 0 Å². The molecule has 0 saturated heterocycles. The van der Waals surface area contributed by atoms with Gasteiger partial charge in [0.2, 0.25) is 0 Å². The highest BCUT2D eigenvalue weighted by atomic mass is 35.5. The fourth-order valence-electron chi connectivity index (χ4n) is 1.45. The second-order valence-corrected chi connectivity index (χ2v) is 5.65. The van der Waals surface area contributed by atoms with Crippen LogP contribution in [0.4, 0.5) is 0 Å². The van der Waals surface area contributed by atoms with Crippen LogP contribution in [0.2, 0.25) is 5.02 Å². The van der Waals surface area contributed by atoms with Crippen molar-refractivity contribution in [1.29, 1.82) is 0 Å². The molecule has 0 heterocycles. The van der Waals surface area contributed by atoms with Crippen LogP contribution in [0.15, 0.2) is 30.9 Å². The van der Waals surface area contributed by atoms with Gasteiger partial charge in [0, 0.05) is 22.7 Å². The summed E-state index contributed by atoms with van der Waals surface area (Å²) in [5, 5.41) is 4.16. The topological polar surface area (TPSA) is 21.3 Å². The third-order valence-electron chi connectivity index (χ3n) is 2.45. The average Bonchev–Trinajstić information content (AvgIpc) is 2.27. The number of ether oxygens (including phenoxy) is 1. The maximum Gasteiger partial charge on any atom is 0.125 e. The summed E-state index contributed by atoms with van der Waals surface area (Å²) in [6, 6.07) is 5.75. The fourth-order valence-corrected chi connectivity index (χ4v) is 1.68. The Bertz CT molecular complexity index is 396. The summed E-state index contributed by atoms with van der Waals surface area (Å²) in [7, 11) is 0. The molecule has 0 radical (unpaired) electrons. The van der Waals surface area contributed by atoms with E-state index in [-0.39, 0.29) is 5.54 Å². The summed E-state index contributed by atoms with van der Waals surface area (Å²) >= 11 is 6.23. The minimum Gasteiger partial charge on any atom is -0.493 e. The van der Waals surface area contributed by atoms with Gasteiger partial charge in [-0.3, -0.25) is 0 Å². The van der Waals surface area contributed by atoms with Crippen LogP contribution in [-0.4, -0.2) is 12.1 Å². The summed E-state index contributed by atoms with van der Waals surface area (Å²) in [6.45, 7) is 11.4. The SMILES string of the molecule is C=CCCOc1cccc(Cl)c1CNC(C)(C)C. The lowest BCUT2D eigenvalue weighted by Crippen LogP contribution is -2.35. The van der Waals surface area contributed by atoms with Crippen LogP contribution in [0.5, 0.6) is 5.75 Å². The third kappa shape index (κ3) is 5.11. The van der Waals surface area contributed by atoms with Crippen LogP contribution < -0.4 is 10.1 Å². The molecule has 1 aromatic rings. The Morgan fingerprint density at radius 2 is 2.11 bits per heavy atom. The van der Waals surface area contributed by atoms with Crippen molar-refractivity contribution in [3.05, 3.63) is 41.4 Å². The Labute approximate surface area is 115 Å². The fraction of sp³-hybridized carbons (Fsp3) is 0.467. The first-order valence-corrected chi connectivity index (χ1v) is 6.58. The minimum absolute atomic E-state index is 0.0531. The molecule has 18 heavy (non-hydrogen) atoms. The zero-order chi connectivity index (χ0) is 13.6. The number of nitrogens with one attached hydrogen (secondary N) is 1. The van der Waals surface area contributed by atoms with E-state index in [1.165, 1.54) is 0 Å². The molecule has 0 amide bonds. The second kappa shape index (κ2) is 6.81.